The van der Waals surface area contributed by atoms with Crippen molar-refractivity contribution < 1.29 is 23.5 Å². The van der Waals surface area contributed by atoms with E-state index in [1.165, 1.54) is 24.5 Å². The molecule has 5 nitrogen and oxygen atoms in total. The largest absolute Gasteiger partial charge is 0.493 e. The van der Waals surface area contributed by atoms with Crippen molar-refractivity contribution in [3.05, 3.63) is 101 Å². The molecule has 2 aromatic heterocycles. The molecule has 0 amide bonds. The number of Topliss-reactive ketones (excluding diaryl/α,β-unsaturated/α-hetero) is 2. The Morgan fingerprint density at radius 3 is 2.45 bits per heavy atom. The molecule has 0 aliphatic carbocycles. The number of hydrogen-bond donors (Lipinski definition) is 0. The maximum Gasteiger partial charge on any atom is 0.181 e. The van der Waals surface area contributed by atoms with E-state index < -0.39 is 0 Å². The number of pyridine rings is 1. The topological polar surface area (TPSA) is 65.5 Å². The molecule has 0 atom stereocenters. The van der Waals surface area contributed by atoms with Gasteiger partial charge in [0, 0.05) is 34.7 Å². The number of thiophene rings is 1. The van der Waals surface area contributed by atoms with E-state index in [4.69, 9.17) is 9.47 Å². The monoisotopic (exact) mass is 553 g/mol. The lowest BCUT2D eigenvalue weighted by atomic mass is 9.99. The Kier molecular flexibility index (Phi) is 8.31. The van der Waals surface area contributed by atoms with E-state index in [9.17, 15) is 14.0 Å². The van der Waals surface area contributed by atoms with Gasteiger partial charge >= 0.3 is 0 Å². The van der Waals surface area contributed by atoms with Crippen molar-refractivity contribution in [2.75, 3.05) is 13.7 Å². The van der Waals surface area contributed by atoms with Crippen LogP contribution in [0.1, 0.15) is 47.0 Å². The van der Waals surface area contributed by atoms with Crippen LogP contribution in [0.4, 0.5) is 4.39 Å². The highest BCUT2D eigenvalue weighted by Crippen LogP contribution is 2.36. The van der Waals surface area contributed by atoms with Crippen LogP contribution in [-0.4, -0.2) is 30.3 Å². The van der Waals surface area contributed by atoms with Crippen molar-refractivity contribution in [3.8, 4) is 33.9 Å². The minimum atomic E-state index is -0.288. The molecule has 3 aromatic carbocycles. The fraction of sp³-hybridized carbons (Fsp3) is 0.182. The van der Waals surface area contributed by atoms with Gasteiger partial charge in [-0.1, -0.05) is 49.4 Å². The highest BCUT2D eigenvalue weighted by atomic mass is 32.1. The molecule has 0 N–H and O–H groups in total. The number of ether oxygens (including phenoxy) is 2. The molecule has 0 bridgehead atoms. The Balaban J connectivity index is 1.42. The normalized spacial score (nSPS) is 11.0. The van der Waals surface area contributed by atoms with Crippen molar-refractivity contribution in [2.24, 2.45) is 0 Å². The third-order valence-electron chi connectivity index (χ3n) is 6.57. The third kappa shape index (κ3) is 5.80. The van der Waals surface area contributed by atoms with Gasteiger partial charge in [-0.3, -0.25) is 9.59 Å². The first-order chi connectivity index (χ1) is 19.5. The molecule has 7 heteroatoms. The zero-order chi connectivity index (χ0) is 28.1. The average Bonchev–Trinajstić information content (AvgIpc) is 3.44. The van der Waals surface area contributed by atoms with Gasteiger partial charge in [-0.25, -0.2) is 9.37 Å². The van der Waals surface area contributed by atoms with Crippen LogP contribution in [0.25, 0.3) is 32.5 Å². The lowest BCUT2D eigenvalue weighted by Gasteiger charge is -2.11. The second-order valence-electron chi connectivity index (χ2n) is 9.32. The lowest BCUT2D eigenvalue weighted by molar-refractivity contribution is 0.0915. The van der Waals surface area contributed by atoms with Crippen molar-refractivity contribution in [2.45, 2.75) is 26.2 Å². The summed E-state index contributed by atoms with van der Waals surface area (Å²) >= 11 is 1.31. The summed E-state index contributed by atoms with van der Waals surface area (Å²) in [5.41, 5.74) is 3.82. The zero-order valence-electron chi connectivity index (χ0n) is 22.3. The van der Waals surface area contributed by atoms with E-state index in [1.807, 2.05) is 54.8 Å². The van der Waals surface area contributed by atoms with Gasteiger partial charge in [0.25, 0.3) is 0 Å². The summed E-state index contributed by atoms with van der Waals surface area (Å²) in [7, 11) is 1.53. The summed E-state index contributed by atoms with van der Waals surface area (Å²) in [6.07, 6.45) is 0.877. The number of benzene rings is 3. The molecule has 5 rings (SSSR count). The van der Waals surface area contributed by atoms with Gasteiger partial charge in [-0.15, -0.1) is 11.3 Å². The summed E-state index contributed by atoms with van der Waals surface area (Å²) in [6, 6.07) is 23.4. The molecule has 0 fully saturated rings. The van der Waals surface area contributed by atoms with Gasteiger partial charge in [0.05, 0.1) is 24.1 Å². The lowest BCUT2D eigenvalue weighted by Crippen LogP contribution is -2.08. The van der Waals surface area contributed by atoms with Crippen LogP contribution in [0, 0.1) is 5.82 Å². The summed E-state index contributed by atoms with van der Waals surface area (Å²) < 4.78 is 26.0. The zero-order valence-corrected chi connectivity index (χ0v) is 23.1. The summed E-state index contributed by atoms with van der Waals surface area (Å²) in [4.78, 5) is 31.1. The molecule has 0 aliphatic heterocycles. The summed E-state index contributed by atoms with van der Waals surface area (Å²) in [5, 5.41) is 2.61. The number of halogens is 1. The quantitative estimate of drug-likeness (QED) is 0.154. The van der Waals surface area contributed by atoms with Crippen LogP contribution in [0.5, 0.6) is 11.5 Å². The molecule has 0 aliphatic rings. The fourth-order valence-corrected chi connectivity index (χ4v) is 5.47. The van der Waals surface area contributed by atoms with Crippen LogP contribution >= 0.6 is 11.3 Å². The van der Waals surface area contributed by atoms with Crippen LogP contribution < -0.4 is 9.47 Å². The molecule has 0 unspecified atom stereocenters. The van der Waals surface area contributed by atoms with E-state index in [2.05, 4.69) is 4.98 Å². The van der Waals surface area contributed by atoms with Crippen molar-refractivity contribution >= 4 is 33.0 Å². The molecule has 202 valence electrons. The van der Waals surface area contributed by atoms with Gasteiger partial charge in [-0.2, -0.15) is 0 Å². The first kappa shape index (κ1) is 27.2. The predicted octanol–water partition coefficient (Wildman–Crippen LogP) is 8.41. The van der Waals surface area contributed by atoms with Gasteiger partial charge in [0.15, 0.2) is 23.1 Å². The van der Waals surface area contributed by atoms with Gasteiger partial charge < -0.3 is 9.47 Å². The van der Waals surface area contributed by atoms with E-state index in [0.717, 1.165) is 28.5 Å². The second kappa shape index (κ2) is 12.2. The third-order valence-corrected chi connectivity index (χ3v) is 7.58. The van der Waals surface area contributed by atoms with E-state index in [-0.39, 0.29) is 35.9 Å². The average molecular weight is 554 g/mol. The molecule has 0 radical (unpaired) electrons. The Bertz CT molecular complexity index is 1680. The molecule has 0 saturated carbocycles. The number of ketones is 2. The molecule has 0 spiro atoms. The maximum atomic E-state index is 14.4. The van der Waals surface area contributed by atoms with Gasteiger partial charge in [0.1, 0.15) is 11.5 Å². The van der Waals surface area contributed by atoms with Crippen molar-refractivity contribution in [1.29, 1.82) is 0 Å². The van der Waals surface area contributed by atoms with E-state index in [1.54, 1.807) is 30.3 Å². The molecule has 40 heavy (non-hydrogen) atoms. The smallest absolute Gasteiger partial charge is 0.181 e. The number of nitrogens with zero attached hydrogens (tertiary/aromatic N) is 1. The number of aromatic nitrogens is 1. The SMILES string of the molecule is CCCOc1ccc(C(=O)CCC(=O)c2cc(-c3ccccc3)cc(-c3csc4c(F)cccc34)n2)cc1OC. The minimum absolute atomic E-state index is 0.00106. The molecular formula is C33H28FNO4S. The highest BCUT2D eigenvalue weighted by molar-refractivity contribution is 7.17. The number of methoxy groups -OCH3 is 1. The summed E-state index contributed by atoms with van der Waals surface area (Å²) in [5.74, 6) is 0.351. The number of rotatable bonds is 11. The highest BCUT2D eigenvalue weighted by Gasteiger charge is 2.18. The molecule has 0 saturated heterocycles. The molecule has 2 heterocycles. The minimum Gasteiger partial charge on any atom is -0.493 e. The predicted molar refractivity (Wildman–Crippen MR) is 157 cm³/mol. The standard InChI is InChI=1S/C33H28FNO4S/c1-3-16-39-31-15-12-22(19-32(31)38-2)29(36)13-14-30(37)28-18-23(21-8-5-4-6-9-21)17-27(35-28)25-20-40-33-24(25)10-7-11-26(33)34/h4-12,15,17-20H,3,13-14,16H2,1-2H3. The maximum absolute atomic E-state index is 14.4. The van der Waals surface area contributed by atoms with E-state index in [0.29, 0.717) is 34.1 Å². The number of fused-ring (bicyclic) bond motifs is 1. The van der Waals surface area contributed by atoms with Crippen LogP contribution in [0.2, 0.25) is 0 Å². The first-order valence-corrected chi connectivity index (χ1v) is 14.0. The second-order valence-corrected chi connectivity index (χ2v) is 10.2. The number of hydrogen-bond acceptors (Lipinski definition) is 6. The molecular weight excluding hydrogens is 525 g/mol. The number of carbonyl (C=O) groups is 2. The number of carbonyl (C=O) groups excluding carboxylic acids is 2. The Hall–Kier alpha value is -4.36. The van der Waals surface area contributed by atoms with Crippen molar-refractivity contribution in [1.82, 2.24) is 4.98 Å². The van der Waals surface area contributed by atoms with Crippen LogP contribution in [-0.2, 0) is 0 Å². The Labute approximate surface area is 236 Å². The van der Waals surface area contributed by atoms with Gasteiger partial charge in [-0.05, 0) is 53.9 Å². The van der Waals surface area contributed by atoms with Gasteiger partial charge in [0.2, 0.25) is 0 Å². The van der Waals surface area contributed by atoms with E-state index >= 15 is 0 Å². The van der Waals surface area contributed by atoms with Crippen LogP contribution in [0.3, 0.4) is 0 Å². The first-order valence-electron chi connectivity index (χ1n) is 13.1. The Morgan fingerprint density at radius 2 is 1.68 bits per heavy atom. The Morgan fingerprint density at radius 1 is 0.875 bits per heavy atom. The summed E-state index contributed by atoms with van der Waals surface area (Å²) in [6.45, 7) is 2.56. The van der Waals surface area contributed by atoms with Crippen LogP contribution in [0.15, 0.2) is 84.2 Å². The molecule has 5 aromatic rings. The fourth-order valence-electron chi connectivity index (χ4n) is 4.50. The van der Waals surface area contributed by atoms with Crippen molar-refractivity contribution in [3.63, 3.8) is 0 Å².